The van der Waals surface area contributed by atoms with Gasteiger partial charge in [0.15, 0.2) is 0 Å². The first-order chi connectivity index (χ1) is 6.50. The highest BCUT2D eigenvalue weighted by atomic mass is 16.2. The fourth-order valence-corrected chi connectivity index (χ4v) is 1.20. The SMILES string of the molecule is C[C@H](NC(=O)[C@@H]1CCC(=O)N1)C(N)=O. The molecule has 1 saturated heterocycles. The average molecular weight is 199 g/mol. The van der Waals surface area contributed by atoms with Gasteiger partial charge in [0.05, 0.1) is 0 Å². The molecule has 6 nitrogen and oxygen atoms in total. The maximum Gasteiger partial charge on any atom is 0.243 e. The fraction of sp³-hybridized carbons (Fsp3) is 0.625. The van der Waals surface area contributed by atoms with Gasteiger partial charge in [-0.1, -0.05) is 0 Å². The third-order valence-electron chi connectivity index (χ3n) is 2.10. The Balaban J connectivity index is 2.42. The van der Waals surface area contributed by atoms with E-state index in [1.807, 2.05) is 0 Å². The summed E-state index contributed by atoms with van der Waals surface area (Å²) in [6.07, 6.45) is 0.819. The number of hydrogen-bond acceptors (Lipinski definition) is 3. The number of carbonyl (C=O) groups is 3. The molecule has 1 aliphatic heterocycles. The highest BCUT2D eigenvalue weighted by molar-refractivity contribution is 5.93. The quantitative estimate of drug-likeness (QED) is 0.502. The lowest BCUT2D eigenvalue weighted by molar-refractivity contribution is -0.129. The van der Waals surface area contributed by atoms with Crippen LogP contribution in [0.3, 0.4) is 0 Å². The van der Waals surface area contributed by atoms with E-state index >= 15 is 0 Å². The van der Waals surface area contributed by atoms with Crippen molar-refractivity contribution < 1.29 is 14.4 Å². The van der Waals surface area contributed by atoms with Crippen molar-refractivity contribution in [3.8, 4) is 0 Å². The van der Waals surface area contributed by atoms with Gasteiger partial charge in [-0.15, -0.1) is 0 Å². The van der Waals surface area contributed by atoms with Crippen LogP contribution < -0.4 is 16.4 Å². The predicted molar refractivity (Wildman–Crippen MR) is 48.0 cm³/mol. The lowest BCUT2D eigenvalue weighted by Gasteiger charge is -2.14. The van der Waals surface area contributed by atoms with Gasteiger partial charge in [0.2, 0.25) is 17.7 Å². The summed E-state index contributed by atoms with van der Waals surface area (Å²) in [5, 5.41) is 4.91. The lowest BCUT2D eigenvalue weighted by Crippen LogP contribution is -2.49. The fourth-order valence-electron chi connectivity index (χ4n) is 1.20. The summed E-state index contributed by atoms with van der Waals surface area (Å²) in [6, 6.07) is -1.23. The Kier molecular flexibility index (Phi) is 3.06. The minimum absolute atomic E-state index is 0.142. The minimum atomic E-state index is -0.708. The van der Waals surface area contributed by atoms with Crippen LogP contribution in [0.1, 0.15) is 19.8 Å². The van der Waals surface area contributed by atoms with E-state index in [2.05, 4.69) is 10.6 Å². The van der Waals surface area contributed by atoms with E-state index in [0.717, 1.165) is 0 Å². The molecule has 1 rings (SSSR count). The van der Waals surface area contributed by atoms with Crippen LogP contribution in [0.4, 0.5) is 0 Å². The zero-order valence-electron chi connectivity index (χ0n) is 7.87. The molecule has 0 spiro atoms. The van der Waals surface area contributed by atoms with Crippen LogP contribution in [0.25, 0.3) is 0 Å². The predicted octanol–water partition coefficient (Wildman–Crippen LogP) is -1.74. The van der Waals surface area contributed by atoms with E-state index in [-0.39, 0.29) is 11.8 Å². The second-order valence-electron chi connectivity index (χ2n) is 3.29. The summed E-state index contributed by atoms with van der Waals surface area (Å²) in [7, 11) is 0. The third-order valence-corrected chi connectivity index (χ3v) is 2.10. The van der Waals surface area contributed by atoms with Crippen LogP contribution >= 0.6 is 0 Å². The molecule has 1 heterocycles. The lowest BCUT2D eigenvalue weighted by atomic mass is 10.2. The van der Waals surface area contributed by atoms with E-state index in [9.17, 15) is 14.4 Å². The van der Waals surface area contributed by atoms with Gasteiger partial charge in [-0.05, 0) is 13.3 Å². The van der Waals surface area contributed by atoms with Crippen molar-refractivity contribution in [2.45, 2.75) is 31.8 Å². The standard InChI is InChI=1S/C8H13N3O3/c1-4(7(9)13)10-8(14)5-2-3-6(12)11-5/h4-5H,2-3H2,1H3,(H2,9,13)(H,10,14)(H,11,12)/t4-,5-/m0/s1. The van der Waals surface area contributed by atoms with Crippen molar-refractivity contribution in [2.75, 3.05) is 0 Å². The van der Waals surface area contributed by atoms with E-state index < -0.39 is 18.0 Å². The number of primary amides is 1. The molecule has 0 aromatic heterocycles. The average Bonchev–Trinajstić information content (AvgIpc) is 2.51. The van der Waals surface area contributed by atoms with Crippen LogP contribution in [0.5, 0.6) is 0 Å². The summed E-state index contributed by atoms with van der Waals surface area (Å²) < 4.78 is 0. The number of hydrogen-bond donors (Lipinski definition) is 3. The van der Waals surface area contributed by atoms with Crippen molar-refractivity contribution in [2.24, 2.45) is 5.73 Å². The van der Waals surface area contributed by atoms with Gasteiger partial charge in [-0.2, -0.15) is 0 Å². The number of nitrogens with one attached hydrogen (secondary N) is 2. The van der Waals surface area contributed by atoms with Crippen molar-refractivity contribution >= 4 is 17.7 Å². The topological polar surface area (TPSA) is 101 Å². The van der Waals surface area contributed by atoms with E-state index in [1.54, 1.807) is 0 Å². The molecule has 0 saturated carbocycles. The molecule has 1 aliphatic rings. The first kappa shape index (κ1) is 10.5. The Labute approximate surface area is 81.2 Å². The molecule has 0 bridgehead atoms. The zero-order chi connectivity index (χ0) is 10.7. The first-order valence-electron chi connectivity index (χ1n) is 4.39. The third kappa shape index (κ3) is 2.45. The number of rotatable bonds is 3. The van der Waals surface area contributed by atoms with Gasteiger partial charge in [0, 0.05) is 6.42 Å². The number of carbonyl (C=O) groups excluding carboxylic acids is 3. The minimum Gasteiger partial charge on any atom is -0.368 e. The van der Waals surface area contributed by atoms with Crippen LogP contribution in [-0.4, -0.2) is 29.8 Å². The molecule has 14 heavy (non-hydrogen) atoms. The molecule has 3 amide bonds. The second-order valence-corrected chi connectivity index (χ2v) is 3.29. The highest BCUT2D eigenvalue weighted by Crippen LogP contribution is 2.06. The molecule has 2 atom stereocenters. The molecule has 4 N–H and O–H groups in total. The molecule has 0 aromatic carbocycles. The Bertz CT molecular complexity index is 277. The van der Waals surface area contributed by atoms with Crippen molar-refractivity contribution in [3.05, 3.63) is 0 Å². The Morgan fingerprint density at radius 2 is 2.29 bits per heavy atom. The number of amides is 3. The molecule has 0 unspecified atom stereocenters. The maximum absolute atomic E-state index is 11.4. The molecule has 0 aliphatic carbocycles. The first-order valence-corrected chi connectivity index (χ1v) is 4.39. The summed E-state index contributed by atoms with van der Waals surface area (Å²) in [6.45, 7) is 1.50. The van der Waals surface area contributed by atoms with Gasteiger partial charge in [0.25, 0.3) is 0 Å². The van der Waals surface area contributed by atoms with Crippen LogP contribution in [0.2, 0.25) is 0 Å². The van der Waals surface area contributed by atoms with E-state index in [4.69, 9.17) is 5.73 Å². The Morgan fingerprint density at radius 3 is 2.71 bits per heavy atom. The van der Waals surface area contributed by atoms with Gasteiger partial charge >= 0.3 is 0 Å². The molecular weight excluding hydrogens is 186 g/mol. The monoisotopic (exact) mass is 199 g/mol. The molecular formula is C8H13N3O3. The largest absolute Gasteiger partial charge is 0.368 e. The van der Waals surface area contributed by atoms with E-state index in [1.165, 1.54) is 6.92 Å². The zero-order valence-corrected chi connectivity index (χ0v) is 7.87. The van der Waals surface area contributed by atoms with Gasteiger partial charge in [-0.3, -0.25) is 14.4 Å². The molecule has 1 fully saturated rings. The summed E-state index contributed by atoms with van der Waals surface area (Å²) >= 11 is 0. The highest BCUT2D eigenvalue weighted by Gasteiger charge is 2.28. The summed E-state index contributed by atoms with van der Waals surface area (Å²) in [4.78, 5) is 32.8. The normalized spacial score (nSPS) is 22.6. The smallest absolute Gasteiger partial charge is 0.243 e. The number of nitrogens with two attached hydrogens (primary N) is 1. The van der Waals surface area contributed by atoms with Crippen molar-refractivity contribution in [3.63, 3.8) is 0 Å². The summed E-state index contributed by atoms with van der Waals surface area (Å²) in [5.74, 6) is -1.10. The van der Waals surface area contributed by atoms with E-state index in [0.29, 0.717) is 12.8 Å². The van der Waals surface area contributed by atoms with Gasteiger partial charge in [-0.25, -0.2) is 0 Å². The molecule has 0 aromatic rings. The maximum atomic E-state index is 11.4. The molecule has 6 heteroatoms. The van der Waals surface area contributed by atoms with Crippen LogP contribution in [0, 0.1) is 0 Å². The Hall–Kier alpha value is -1.59. The van der Waals surface area contributed by atoms with Gasteiger partial charge in [0.1, 0.15) is 12.1 Å². The second kappa shape index (κ2) is 4.08. The van der Waals surface area contributed by atoms with Gasteiger partial charge < -0.3 is 16.4 Å². The molecule has 0 radical (unpaired) electrons. The molecule has 78 valence electrons. The van der Waals surface area contributed by atoms with Crippen molar-refractivity contribution in [1.29, 1.82) is 0 Å². The van der Waals surface area contributed by atoms with Crippen molar-refractivity contribution in [1.82, 2.24) is 10.6 Å². The van der Waals surface area contributed by atoms with Crippen LogP contribution in [-0.2, 0) is 14.4 Å². The van der Waals surface area contributed by atoms with Crippen LogP contribution in [0.15, 0.2) is 0 Å². The Morgan fingerprint density at radius 1 is 1.64 bits per heavy atom. The summed E-state index contributed by atoms with van der Waals surface area (Å²) in [5.41, 5.74) is 4.97.